The van der Waals surface area contributed by atoms with E-state index in [9.17, 15) is 13.2 Å². The Bertz CT molecular complexity index is 420. The molecule has 1 atom stereocenters. The van der Waals surface area contributed by atoms with Crippen LogP contribution in [0.4, 0.5) is 0 Å². The Morgan fingerprint density at radius 3 is 2.29 bits per heavy atom. The van der Waals surface area contributed by atoms with Gasteiger partial charge in [-0.2, -0.15) is 4.31 Å². The summed E-state index contributed by atoms with van der Waals surface area (Å²) in [6.45, 7) is 3.48. The Labute approximate surface area is 103 Å². The van der Waals surface area contributed by atoms with Crippen molar-refractivity contribution >= 4 is 15.9 Å². The van der Waals surface area contributed by atoms with Crippen molar-refractivity contribution in [2.75, 3.05) is 25.9 Å². The highest BCUT2D eigenvalue weighted by Crippen LogP contribution is 2.38. The molecule has 2 saturated heterocycles. The molecule has 0 saturated carbocycles. The molecule has 0 aliphatic carbocycles. The quantitative estimate of drug-likeness (QED) is 0.686. The third-order valence-corrected chi connectivity index (χ3v) is 5.30. The van der Waals surface area contributed by atoms with Crippen molar-refractivity contribution in [3.05, 3.63) is 0 Å². The zero-order chi connectivity index (χ0) is 12.7. The Balaban J connectivity index is 2.25. The molecule has 17 heavy (non-hydrogen) atoms. The first-order chi connectivity index (χ1) is 7.85. The van der Waals surface area contributed by atoms with E-state index in [-0.39, 0.29) is 11.4 Å². The van der Waals surface area contributed by atoms with Crippen molar-refractivity contribution in [1.29, 1.82) is 0 Å². The standard InChI is InChI=1S/C11H20N2O3S/c1-10(14)12-7-3-5-11(9-12)6-4-8-13(11)17(2,15)16/h3-9H2,1-2H3/t11-/m1/s1. The van der Waals surface area contributed by atoms with Crippen LogP contribution in [0.15, 0.2) is 0 Å². The van der Waals surface area contributed by atoms with Crippen LogP contribution in [-0.2, 0) is 14.8 Å². The number of nitrogens with zero attached hydrogens (tertiary/aromatic N) is 2. The summed E-state index contributed by atoms with van der Waals surface area (Å²) in [6.07, 6.45) is 4.82. The van der Waals surface area contributed by atoms with Gasteiger partial charge in [0.15, 0.2) is 0 Å². The van der Waals surface area contributed by atoms with Crippen molar-refractivity contribution < 1.29 is 13.2 Å². The van der Waals surface area contributed by atoms with Crippen LogP contribution in [0.3, 0.4) is 0 Å². The average molecular weight is 260 g/mol. The molecule has 6 heteroatoms. The fraction of sp³-hybridized carbons (Fsp3) is 0.909. The number of carbonyl (C=O) groups is 1. The summed E-state index contributed by atoms with van der Waals surface area (Å²) in [6, 6.07) is 0. The highest BCUT2D eigenvalue weighted by atomic mass is 32.2. The van der Waals surface area contributed by atoms with E-state index in [4.69, 9.17) is 0 Å². The van der Waals surface area contributed by atoms with Gasteiger partial charge in [-0.1, -0.05) is 0 Å². The second-order valence-corrected chi connectivity index (χ2v) is 7.11. The molecule has 0 N–H and O–H groups in total. The third kappa shape index (κ3) is 2.33. The van der Waals surface area contributed by atoms with E-state index in [2.05, 4.69) is 0 Å². The summed E-state index contributed by atoms with van der Waals surface area (Å²) >= 11 is 0. The predicted octanol–water partition coefficient (Wildman–Crippen LogP) is 0.423. The first-order valence-electron chi connectivity index (χ1n) is 6.08. The van der Waals surface area contributed by atoms with E-state index in [1.165, 1.54) is 6.26 Å². The SMILES string of the molecule is CC(=O)N1CCC[C@@]2(CCCN2S(C)(=O)=O)C1. The first-order valence-corrected chi connectivity index (χ1v) is 7.93. The fourth-order valence-corrected chi connectivity index (χ4v) is 4.62. The topological polar surface area (TPSA) is 57.7 Å². The van der Waals surface area contributed by atoms with E-state index in [0.717, 1.165) is 32.2 Å². The van der Waals surface area contributed by atoms with Crippen molar-refractivity contribution in [3.63, 3.8) is 0 Å². The maximum Gasteiger partial charge on any atom is 0.219 e. The summed E-state index contributed by atoms with van der Waals surface area (Å²) in [5.41, 5.74) is -0.322. The minimum Gasteiger partial charge on any atom is -0.341 e. The van der Waals surface area contributed by atoms with E-state index in [1.54, 1.807) is 16.1 Å². The number of carbonyl (C=O) groups excluding carboxylic acids is 1. The molecule has 2 heterocycles. The number of piperidine rings is 1. The molecule has 2 aliphatic rings. The molecule has 0 aromatic heterocycles. The number of sulfonamides is 1. The van der Waals surface area contributed by atoms with Crippen LogP contribution in [0, 0.1) is 0 Å². The van der Waals surface area contributed by atoms with Gasteiger partial charge in [-0.05, 0) is 25.7 Å². The van der Waals surface area contributed by atoms with Crippen LogP contribution < -0.4 is 0 Å². The molecule has 2 rings (SSSR count). The summed E-state index contributed by atoms with van der Waals surface area (Å²) in [5, 5.41) is 0. The monoisotopic (exact) mass is 260 g/mol. The minimum atomic E-state index is -3.16. The molecule has 0 unspecified atom stereocenters. The fourth-order valence-electron chi connectivity index (χ4n) is 3.22. The molecule has 1 spiro atoms. The molecular weight excluding hydrogens is 240 g/mol. The normalized spacial score (nSPS) is 31.1. The molecule has 5 nitrogen and oxygen atoms in total. The van der Waals surface area contributed by atoms with Gasteiger partial charge in [0.2, 0.25) is 15.9 Å². The number of amides is 1. The molecule has 0 aromatic rings. The van der Waals surface area contributed by atoms with E-state index in [0.29, 0.717) is 13.1 Å². The van der Waals surface area contributed by atoms with E-state index < -0.39 is 10.0 Å². The maximum absolute atomic E-state index is 11.8. The van der Waals surface area contributed by atoms with Crippen molar-refractivity contribution in [3.8, 4) is 0 Å². The van der Waals surface area contributed by atoms with Crippen molar-refractivity contribution in [1.82, 2.24) is 9.21 Å². The van der Waals surface area contributed by atoms with Crippen LogP contribution in [-0.4, -0.2) is 55.0 Å². The van der Waals surface area contributed by atoms with Gasteiger partial charge in [-0.25, -0.2) is 8.42 Å². The van der Waals surface area contributed by atoms with Gasteiger partial charge in [0.1, 0.15) is 0 Å². The molecule has 2 fully saturated rings. The number of likely N-dealkylation sites (tertiary alicyclic amines) is 1. The van der Waals surface area contributed by atoms with Crippen LogP contribution in [0.1, 0.15) is 32.6 Å². The molecule has 0 aromatic carbocycles. The highest BCUT2D eigenvalue weighted by Gasteiger charge is 2.48. The smallest absolute Gasteiger partial charge is 0.219 e. The summed E-state index contributed by atoms with van der Waals surface area (Å²) in [7, 11) is -3.16. The van der Waals surface area contributed by atoms with Crippen LogP contribution >= 0.6 is 0 Å². The number of hydrogen-bond acceptors (Lipinski definition) is 3. The Morgan fingerprint density at radius 1 is 1.18 bits per heavy atom. The van der Waals surface area contributed by atoms with Gasteiger partial charge in [0, 0.05) is 26.6 Å². The zero-order valence-electron chi connectivity index (χ0n) is 10.5. The third-order valence-electron chi connectivity index (χ3n) is 3.93. The summed E-state index contributed by atoms with van der Waals surface area (Å²) in [4.78, 5) is 13.2. The number of rotatable bonds is 1. The lowest BCUT2D eigenvalue weighted by Gasteiger charge is -2.44. The molecule has 98 valence electrons. The second-order valence-electron chi connectivity index (χ2n) is 5.21. The van der Waals surface area contributed by atoms with Gasteiger partial charge in [-0.3, -0.25) is 4.79 Å². The Hall–Kier alpha value is -0.620. The number of hydrogen-bond donors (Lipinski definition) is 0. The van der Waals surface area contributed by atoms with Gasteiger partial charge in [0.25, 0.3) is 0 Å². The van der Waals surface area contributed by atoms with E-state index in [1.807, 2.05) is 0 Å². The first kappa shape index (κ1) is 12.8. The molecular formula is C11H20N2O3S. The Morgan fingerprint density at radius 2 is 1.76 bits per heavy atom. The average Bonchev–Trinajstić information content (AvgIpc) is 2.61. The van der Waals surface area contributed by atoms with Crippen LogP contribution in [0.5, 0.6) is 0 Å². The van der Waals surface area contributed by atoms with Crippen LogP contribution in [0.2, 0.25) is 0 Å². The van der Waals surface area contributed by atoms with Gasteiger partial charge in [-0.15, -0.1) is 0 Å². The molecule has 2 aliphatic heterocycles. The second kappa shape index (κ2) is 4.24. The van der Waals surface area contributed by atoms with Gasteiger partial charge in [0.05, 0.1) is 11.8 Å². The van der Waals surface area contributed by atoms with Crippen LogP contribution in [0.25, 0.3) is 0 Å². The zero-order valence-corrected chi connectivity index (χ0v) is 11.3. The molecule has 0 radical (unpaired) electrons. The van der Waals surface area contributed by atoms with Gasteiger partial charge >= 0.3 is 0 Å². The van der Waals surface area contributed by atoms with Crippen molar-refractivity contribution in [2.24, 2.45) is 0 Å². The lowest BCUT2D eigenvalue weighted by molar-refractivity contribution is -0.131. The van der Waals surface area contributed by atoms with E-state index >= 15 is 0 Å². The molecule has 1 amide bonds. The molecule has 0 bridgehead atoms. The lowest BCUT2D eigenvalue weighted by Crippen LogP contribution is -2.57. The summed E-state index contributed by atoms with van der Waals surface area (Å²) < 4.78 is 25.2. The largest absolute Gasteiger partial charge is 0.341 e. The highest BCUT2D eigenvalue weighted by molar-refractivity contribution is 7.88. The predicted molar refractivity (Wildman–Crippen MR) is 65.0 cm³/mol. The minimum absolute atomic E-state index is 0.0458. The maximum atomic E-state index is 11.8. The Kier molecular flexibility index (Phi) is 3.20. The van der Waals surface area contributed by atoms with Gasteiger partial charge < -0.3 is 4.90 Å². The lowest BCUT2D eigenvalue weighted by atomic mass is 9.87. The summed E-state index contributed by atoms with van der Waals surface area (Å²) in [5.74, 6) is 0.0458. The van der Waals surface area contributed by atoms with Crippen molar-refractivity contribution in [2.45, 2.75) is 38.1 Å².